The van der Waals surface area contributed by atoms with Gasteiger partial charge in [0.25, 0.3) is 0 Å². The second kappa shape index (κ2) is 7.78. The van der Waals surface area contributed by atoms with Crippen molar-refractivity contribution in [2.24, 2.45) is 0 Å². The topological polar surface area (TPSA) is 52.9 Å². The summed E-state index contributed by atoms with van der Waals surface area (Å²) in [5.41, 5.74) is 2.00. The zero-order valence-corrected chi connectivity index (χ0v) is 11.6. The van der Waals surface area contributed by atoms with E-state index in [1.165, 1.54) is 5.56 Å². The van der Waals surface area contributed by atoms with Gasteiger partial charge < -0.3 is 5.32 Å². The molecule has 0 aliphatic heterocycles. The summed E-state index contributed by atoms with van der Waals surface area (Å²) in [5, 5.41) is 11.2. The second-order valence-electron chi connectivity index (χ2n) is 4.13. The van der Waals surface area contributed by atoms with Crippen molar-refractivity contribution in [1.82, 2.24) is 0 Å². The van der Waals surface area contributed by atoms with Gasteiger partial charge in [-0.15, -0.1) is 11.8 Å². The summed E-state index contributed by atoms with van der Waals surface area (Å²) in [6.45, 7) is 3.90. The molecule has 0 aliphatic carbocycles. The Bertz CT molecular complexity index is 422. The van der Waals surface area contributed by atoms with E-state index in [0.29, 0.717) is 6.42 Å². The van der Waals surface area contributed by atoms with Gasteiger partial charge in [-0.3, -0.25) is 4.79 Å². The number of amides is 1. The van der Waals surface area contributed by atoms with Crippen molar-refractivity contribution < 1.29 is 4.79 Å². The Labute approximate surface area is 113 Å². The molecule has 0 saturated heterocycles. The van der Waals surface area contributed by atoms with Gasteiger partial charge in [-0.25, -0.2) is 0 Å². The Morgan fingerprint density at radius 2 is 2.11 bits per heavy atom. The molecule has 1 aromatic carbocycles. The highest BCUT2D eigenvalue weighted by atomic mass is 32.2. The largest absolute Gasteiger partial charge is 0.325 e. The molecule has 1 atom stereocenters. The van der Waals surface area contributed by atoms with Gasteiger partial charge in [0.1, 0.15) is 0 Å². The Balaban J connectivity index is 2.35. The molecule has 0 heterocycles. The van der Waals surface area contributed by atoms with Gasteiger partial charge in [0.05, 0.1) is 11.3 Å². The minimum Gasteiger partial charge on any atom is -0.325 e. The van der Waals surface area contributed by atoms with Crippen LogP contribution in [0.3, 0.4) is 0 Å². The normalized spacial score (nSPS) is 11.6. The van der Waals surface area contributed by atoms with Gasteiger partial charge in [-0.1, -0.05) is 17.7 Å². The molecule has 0 spiro atoms. The number of nitriles is 1. The third kappa shape index (κ3) is 5.24. The third-order valence-corrected chi connectivity index (χ3v) is 3.73. The summed E-state index contributed by atoms with van der Waals surface area (Å²) >= 11 is 1.58. The molecule has 3 nitrogen and oxygen atoms in total. The fraction of sp³-hybridized carbons (Fsp3) is 0.429. The Kier molecular flexibility index (Phi) is 6.31. The van der Waals surface area contributed by atoms with Crippen LogP contribution < -0.4 is 5.32 Å². The van der Waals surface area contributed by atoms with E-state index in [1.807, 2.05) is 38.1 Å². The lowest BCUT2D eigenvalue weighted by atomic mass is 10.2. The van der Waals surface area contributed by atoms with Crippen LogP contribution in [0.2, 0.25) is 0 Å². The molecule has 1 N–H and O–H groups in total. The molecule has 0 bridgehead atoms. The first-order valence-electron chi connectivity index (χ1n) is 5.99. The summed E-state index contributed by atoms with van der Waals surface area (Å²) in [4.78, 5) is 11.9. The summed E-state index contributed by atoms with van der Waals surface area (Å²) in [5.74, 6) is 0.858. The number of carbonyl (C=O) groups excluding carboxylic acids is 1. The number of unbranched alkanes of at least 4 members (excludes halogenated alkanes) is 1. The molecule has 0 radical (unpaired) electrons. The molecule has 1 aromatic rings. The average molecular weight is 262 g/mol. The van der Waals surface area contributed by atoms with E-state index in [2.05, 4.69) is 11.4 Å². The fourth-order valence-electron chi connectivity index (χ4n) is 1.37. The van der Waals surface area contributed by atoms with E-state index in [4.69, 9.17) is 5.26 Å². The predicted molar refractivity (Wildman–Crippen MR) is 76.6 cm³/mol. The van der Waals surface area contributed by atoms with Gasteiger partial charge in [0.2, 0.25) is 5.91 Å². The highest BCUT2D eigenvalue weighted by Gasteiger charge is 2.12. The van der Waals surface area contributed by atoms with Crippen molar-refractivity contribution >= 4 is 23.4 Å². The standard InChI is InChI=1S/C14H18N2OS/c1-11-5-7-13(8-6-11)16-14(17)12(2)18-10-4-3-9-15/h5-8,12H,3-4,10H2,1-2H3,(H,16,17). The van der Waals surface area contributed by atoms with Gasteiger partial charge in [-0.2, -0.15) is 5.26 Å². The molecule has 1 rings (SSSR count). The van der Waals surface area contributed by atoms with Crippen molar-refractivity contribution in [2.75, 3.05) is 11.1 Å². The lowest BCUT2D eigenvalue weighted by Gasteiger charge is -2.11. The Morgan fingerprint density at radius 1 is 1.44 bits per heavy atom. The number of hydrogen-bond donors (Lipinski definition) is 1. The summed E-state index contributed by atoms with van der Waals surface area (Å²) in [6.07, 6.45) is 1.39. The molecule has 0 fully saturated rings. The zero-order valence-electron chi connectivity index (χ0n) is 10.8. The van der Waals surface area contributed by atoms with Crippen molar-refractivity contribution in [3.05, 3.63) is 29.8 Å². The van der Waals surface area contributed by atoms with Crippen molar-refractivity contribution in [3.8, 4) is 6.07 Å². The molecule has 0 saturated carbocycles. The average Bonchev–Trinajstić information content (AvgIpc) is 2.37. The van der Waals surface area contributed by atoms with Crippen molar-refractivity contribution in [1.29, 1.82) is 5.26 Å². The van der Waals surface area contributed by atoms with Crippen LogP contribution in [-0.2, 0) is 4.79 Å². The minimum atomic E-state index is -0.0926. The number of anilines is 1. The third-order valence-electron chi connectivity index (χ3n) is 2.49. The van der Waals surface area contributed by atoms with Crippen LogP contribution in [0.1, 0.15) is 25.3 Å². The highest BCUT2D eigenvalue weighted by molar-refractivity contribution is 8.00. The first-order chi connectivity index (χ1) is 8.63. The Hall–Kier alpha value is -1.47. The molecule has 0 aromatic heterocycles. The number of aryl methyl sites for hydroxylation is 1. The number of benzene rings is 1. The van der Waals surface area contributed by atoms with Crippen LogP contribution in [0, 0.1) is 18.3 Å². The van der Waals surface area contributed by atoms with Crippen LogP contribution >= 0.6 is 11.8 Å². The minimum absolute atomic E-state index is 0.0146. The Morgan fingerprint density at radius 3 is 2.72 bits per heavy atom. The lowest BCUT2D eigenvalue weighted by Crippen LogP contribution is -2.22. The molecule has 1 amide bonds. The quantitative estimate of drug-likeness (QED) is 0.800. The molecular formula is C14H18N2OS. The monoisotopic (exact) mass is 262 g/mol. The molecule has 96 valence electrons. The van der Waals surface area contributed by atoms with E-state index in [-0.39, 0.29) is 11.2 Å². The number of rotatable bonds is 6. The molecule has 1 unspecified atom stereocenters. The van der Waals surface area contributed by atoms with Crippen LogP contribution in [0.25, 0.3) is 0 Å². The number of nitrogens with one attached hydrogen (secondary N) is 1. The van der Waals surface area contributed by atoms with Gasteiger partial charge in [0, 0.05) is 12.1 Å². The smallest absolute Gasteiger partial charge is 0.237 e. The van der Waals surface area contributed by atoms with E-state index < -0.39 is 0 Å². The van der Waals surface area contributed by atoms with Gasteiger partial charge in [-0.05, 0) is 38.2 Å². The van der Waals surface area contributed by atoms with Crippen LogP contribution in [0.15, 0.2) is 24.3 Å². The molecule has 4 heteroatoms. The number of thioether (sulfide) groups is 1. The van der Waals surface area contributed by atoms with E-state index in [0.717, 1.165) is 17.9 Å². The maximum Gasteiger partial charge on any atom is 0.237 e. The highest BCUT2D eigenvalue weighted by Crippen LogP contribution is 2.16. The predicted octanol–water partition coefficient (Wildman–Crippen LogP) is 3.36. The molecule has 0 aliphatic rings. The zero-order chi connectivity index (χ0) is 13.4. The summed E-state index contributed by atoms with van der Waals surface area (Å²) in [7, 11) is 0. The van der Waals surface area contributed by atoms with Crippen LogP contribution in [0.5, 0.6) is 0 Å². The number of carbonyl (C=O) groups is 1. The fourth-order valence-corrected chi connectivity index (χ4v) is 2.24. The SMILES string of the molecule is Cc1ccc(NC(=O)C(C)SCCCC#N)cc1. The van der Waals surface area contributed by atoms with Crippen LogP contribution in [-0.4, -0.2) is 16.9 Å². The molecular weight excluding hydrogens is 244 g/mol. The van der Waals surface area contributed by atoms with E-state index >= 15 is 0 Å². The second-order valence-corrected chi connectivity index (χ2v) is 5.58. The van der Waals surface area contributed by atoms with E-state index in [9.17, 15) is 4.79 Å². The maximum atomic E-state index is 11.9. The first-order valence-corrected chi connectivity index (χ1v) is 7.04. The van der Waals surface area contributed by atoms with Gasteiger partial charge >= 0.3 is 0 Å². The van der Waals surface area contributed by atoms with Crippen LogP contribution in [0.4, 0.5) is 5.69 Å². The first kappa shape index (κ1) is 14.6. The lowest BCUT2D eigenvalue weighted by molar-refractivity contribution is -0.115. The van der Waals surface area contributed by atoms with Gasteiger partial charge in [0.15, 0.2) is 0 Å². The van der Waals surface area contributed by atoms with Crippen molar-refractivity contribution in [3.63, 3.8) is 0 Å². The van der Waals surface area contributed by atoms with E-state index in [1.54, 1.807) is 11.8 Å². The number of nitrogens with zero attached hydrogens (tertiary/aromatic N) is 1. The van der Waals surface area contributed by atoms with Crippen molar-refractivity contribution in [2.45, 2.75) is 31.9 Å². The number of hydrogen-bond acceptors (Lipinski definition) is 3. The maximum absolute atomic E-state index is 11.9. The summed E-state index contributed by atoms with van der Waals surface area (Å²) in [6, 6.07) is 9.85. The summed E-state index contributed by atoms with van der Waals surface area (Å²) < 4.78 is 0. The molecule has 18 heavy (non-hydrogen) atoms.